The van der Waals surface area contributed by atoms with Crippen LogP contribution in [0.4, 0.5) is 93.5 Å². The minimum Gasteiger partial charge on any atom is -0.207 e. The van der Waals surface area contributed by atoms with Crippen LogP contribution in [0.2, 0.25) is 5.28 Å². The maximum atomic E-state index is 15.4. The van der Waals surface area contributed by atoms with Crippen molar-refractivity contribution in [1.82, 2.24) is 0 Å². The zero-order valence-corrected chi connectivity index (χ0v) is 33.5. The Labute approximate surface area is 349 Å². The molecule has 0 radical (unpaired) electrons. The first-order valence-corrected chi connectivity index (χ1v) is 19.1. The standard InChI is InChI=1S/C24BF20.C13H19N2.C2H5.Al/c26-5-1(6(27)14(35)21(42)13(5)34)25(2-7(28)15(36)22(43)16(37)8(2)29,3-9(30)17(38)23(44)18(39)10(3)31)4-11(32)19(40)24(45)20(41)12(4)33;1-10(2)14-12-8-6-5-7-9-13(12)15-11(3)4;1-2;/h;5-11H,1-4H3;1H2,2H3;/q2*-1;;+2. The smallest absolute Gasteiger partial charge is 0.200 e. The SMILES string of the molecule is C[CH2][Al+][N](c1cccccc1=NC(C)C)C(C)C.Fc1c(F)c(F)c([B-](c2c(F)c(F)c(F)c(F)c2F)(c2c(F)c(F)c(F)c(F)c2F)c2c(F)c(F)c(F)c(F)c2F)c(F)c1F. The second-order valence-corrected chi connectivity index (χ2v) is 15.5. The van der Waals surface area contributed by atoms with E-state index in [9.17, 15) is 52.7 Å². The third-order valence-corrected chi connectivity index (χ3v) is 10.9. The molecule has 0 N–H and O–H groups in total. The molecule has 2 nitrogen and oxygen atoms in total. The van der Waals surface area contributed by atoms with Crippen LogP contribution in [0.1, 0.15) is 34.6 Å². The first-order chi connectivity index (χ1) is 29.3. The summed E-state index contributed by atoms with van der Waals surface area (Å²) in [4.78, 5) is 4.76. The predicted molar refractivity (Wildman–Crippen MR) is 190 cm³/mol. The van der Waals surface area contributed by atoms with Gasteiger partial charge < -0.3 is 0 Å². The summed E-state index contributed by atoms with van der Waals surface area (Å²) in [7, 11) is 0. The van der Waals surface area contributed by atoms with Crippen LogP contribution in [0.25, 0.3) is 0 Å². The van der Waals surface area contributed by atoms with Crippen LogP contribution >= 0.6 is 0 Å². The van der Waals surface area contributed by atoms with E-state index in [-0.39, 0.29) is 0 Å². The molecule has 24 heteroatoms. The molecule has 5 aromatic rings. The van der Waals surface area contributed by atoms with E-state index >= 15 is 35.1 Å². The van der Waals surface area contributed by atoms with Crippen LogP contribution in [0, 0.1) is 116 Å². The Morgan fingerprint density at radius 3 is 0.905 bits per heavy atom. The molecular weight excluding hydrogens is 914 g/mol. The van der Waals surface area contributed by atoms with Crippen molar-refractivity contribution in [2.45, 2.75) is 52.0 Å². The van der Waals surface area contributed by atoms with Crippen molar-refractivity contribution >= 4 is 49.1 Å². The number of halogens is 20. The Kier molecular flexibility index (Phi) is 15.4. The molecule has 0 aromatic heterocycles. The van der Waals surface area contributed by atoms with E-state index in [1.54, 1.807) is 0 Å². The molecule has 0 heterocycles. The zero-order valence-electron chi connectivity index (χ0n) is 32.4. The first kappa shape index (κ1) is 50.4. The van der Waals surface area contributed by atoms with E-state index in [0.29, 0.717) is 27.5 Å². The fraction of sp³-hybridized carbons (Fsp3) is 0.205. The quantitative estimate of drug-likeness (QED) is 0.0624. The zero-order chi connectivity index (χ0) is 47.9. The largest absolute Gasteiger partial charge is 0.207 e. The molecule has 0 saturated heterocycles. The number of anilines is 1. The van der Waals surface area contributed by atoms with Crippen LogP contribution in [0.15, 0.2) is 35.3 Å². The van der Waals surface area contributed by atoms with E-state index < -0.39 is 144 Å². The van der Waals surface area contributed by atoms with Crippen LogP contribution in [0.3, 0.4) is 0 Å². The Balaban J connectivity index is 0.000000405. The molecule has 0 saturated carbocycles. The van der Waals surface area contributed by atoms with Gasteiger partial charge in [0.05, 0.1) is 0 Å². The van der Waals surface area contributed by atoms with Crippen molar-refractivity contribution in [3.63, 3.8) is 0 Å². The van der Waals surface area contributed by atoms with Crippen molar-refractivity contribution in [3.05, 3.63) is 152 Å². The Morgan fingerprint density at radius 1 is 0.413 bits per heavy atom. The number of hydrogen-bond donors (Lipinski definition) is 0. The molecule has 0 atom stereocenters. The summed E-state index contributed by atoms with van der Waals surface area (Å²) in [5, 5.41) is 2.35. The minimum atomic E-state index is -7.22. The molecule has 0 aliphatic carbocycles. The van der Waals surface area contributed by atoms with Gasteiger partial charge in [-0.3, -0.25) is 0 Å². The second-order valence-electron chi connectivity index (χ2n) is 13.8. The van der Waals surface area contributed by atoms with Crippen molar-refractivity contribution in [1.29, 1.82) is 0 Å². The summed E-state index contributed by atoms with van der Waals surface area (Å²) in [6, 6.07) is 11.4. The van der Waals surface area contributed by atoms with E-state index in [0.717, 1.165) is 5.36 Å². The van der Waals surface area contributed by atoms with Gasteiger partial charge in [-0.2, -0.15) is 0 Å². The summed E-state index contributed by atoms with van der Waals surface area (Å²) >= 11 is 0.296. The molecule has 0 bridgehead atoms. The van der Waals surface area contributed by atoms with E-state index in [2.05, 4.69) is 68.8 Å². The summed E-state index contributed by atoms with van der Waals surface area (Å²) in [6.07, 6.45) is -7.22. The van der Waals surface area contributed by atoms with Crippen molar-refractivity contribution < 1.29 is 87.8 Å². The molecule has 5 rings (SSSR count). The van der Waals surface area contributed by atoms with E-state index in [1.165, 1.54) is 11.0 Å². The molecule has 336 valence electrons. The summed E-state index contributed by atoms with van der Waals surface area (Å²) in [5.74, 6) is -71.4. The number of benzene rings is 4. The molecule has 0 amide bonds. The molecule has 0 fully saturated rings. The van der Waals surface area contributed by atoms with E-state index in [4.69, 9.17) is 4.99 Å². The molecule has 0 unspecified atom stereocenters. The molecule has 0 spiro atoms. The number of nitrogens with zero attached hydrogens (tertiary/aromatic N) is 2. The van der Waals surface area contributed by atoms with Crippen molar-refractivity contribution in [2.24, 2.45) is 4.99 Å². The Bertz CT molecular complexity index is 2290. The van der Waals surface area contributed by atoms with Crippen LogP contribution in [-0.4, -0.2) is 33.7 Å². The fourth-order valence-electron chi connectivity index (χ4n) is 6.79. The van der Waals surface area contributed by atoms with Gasteiger partial charge in [0.1, 0.15) is 52.7 Å². The van der Waals surface area contributed by atoms with Gasteiger partial charge in [-0.25, -0.2) is 87.8 Å². The fourth-order valence-corrected chi connectivity index (χ4v) is 8.02. The van der Waals surface area contributed by atoms with Crippen LogP contribution < -0.4 is 31.1 Å². The van der Waals surface area contributed by atoms with Crippen molar-refractivity contribution in [2.75, 3.05) is 3.88 Å². The average Bonchev–Trinajstić information content (AvgIpc) is 3.47. The maximum absolute atomic E-state index is 15.4. The van der Waals surface area contributed by atoms with Gasteiger partial charge in [-0.15, -0.1) is 21.9 Å². The van der Waals surface area contributed by atoms with Crippen molar-refractivity contribution in [3.8, 4) is 0 Å². The molecule has 0 aliphatic rings. The van der Waals surface area contributed by atoms with Crippen LogP contribution in [-0.2, 0) is 0 Å². The molecule has 5 aromatic carbocycles. The van der Waals surface area contributed by atoms with Gasteiger partial charge in [-0.1, -0.05) is 0 Å². The van der Waals surface area contributed by atoms with Gasteiger partial charge in [-0.05, 0) is 0 Å². The number of hydrogen-bond acceptors (Lipinski definition) is 2. The summed E-state index contributed by atoms with van der Waals surface area (Å²) in [5.41, 5.74) is -13.1. The maximum Gasteiger partial charge on any atom is 0.200 e. The van der Waals surface area contributed by atoms with E-state index in [1.807, 2.05) is 0 Å². The normalized spacial score (nSPS) is 12.0. The van der Waals surface area contributed by atoms with Gasteiger partial charge >= 0.3 is 118 Å². The third kappa shape index (κ3) is 8.47. The monoisotopic (exact) mass is 938 g/mol. The average molecular weight is 938 g/mol. The summed E-state index contributed by atoms with van der Waals surface area (Å²) in [6.45, 7) is 11.0. The Morgan fingerprint density at radius 2 is 0.667 bits per heavy atom. The van der Waals surface area contributed by atoms with Crippen LogP contribution in [0.5, 0.6) is 0 Å². The van der Waals surface area contributed by atoms with Gasteiger partial charge in [0.15, 0.2) is 69.8 Å². The summed E-state index contributed by atoms with van der Waals surface area (Å²) < 4.78 is 296. The molecular formula is C39H24AlBF20N2. The first-order valence-electron chi connectivity index (χ1n) is 17.7. The third-order valence-electron chi connectivity index (χ3n) is 9.31. The van der Waals surface area contributed by atoms with Gasteiger partial charge in [0, 0.05) is 0 Å². The molecule has 0 aliphatic heterocycles. The second kappa shape index (κ2) is 19.2. The Hall–Kier alpha value is -5.23. The van der Waals surface area contributed by atoms with Gasteiger partial charge in [0.25, 0.3) is 0 Å². The topological polar surface area (TPSA) is 15.6 Å². The molecule has 63 heavy (non-hydrogen) atoms. The van der Waals surface area contributed by atoms with Gasteiger partial charge in [0.2, 0.25) is 0 Å². The predicted octanol–water partition coefficient (Wildman–Crippen LogP) is 9.11. The minimum absolute atomic E-state index is 0.296. The number of rotatable bonds is 9.